The van der Waals surface area contributed by atoms with Crippen LogP contribution < -0.4 is 5.32 Å². The van der Waals surface area contributed by atoms with Crippen molar-refractivity contribution < 1.29 is 4.79 Å². The molecule has 122 valence electrons. The number of aryl methyl sites for hydroxylation is 1. The molecule has 0 fully saturated rings. The van der Waals surface area contributed by atoms with E-state index in [9.17, 15) is 4.79 Å². The molecule has 0 aliphatic heterocycles. The minimum Gasteiger partial charge on any atom is -0.321 e. The summed E-state index contributed by atoms with van der Waals surface area (Å²) in [6.07, 6.45) is 8.43. The van der Waals surface area contributed by atoms with Gasteiger partial charge in [0.1, 0.15) is 11.3 Å². The summed E-state index contributed by atoms with van der Waals surface area (Å²) in [5, 5.41) is 2.81. The summed E-state index contributed by atoms with van der Waals surface area (Å²) >= 11 is 0. The molecule has 0 atom stereocenters. The molecule has 0 unspecified atom stereocenters. The number of nitrogens with one attached hydrogen (secondary N) is 1. The number of amides is 1. The third-order valence-corrected chi connectivity index (χ3v) is 3.91. The average molecular weight is 329 g/mol. The van der Waals surface area contributed by atoms with Crippen molar-refractivity contribution in [1.29, 1.82) is 0 Å². The lowest BCUT2D eigenvalue weighted by molar-refractivity contribution is 0.102. The Balaban J connectivity index is 1.57. The Morgan fingerprint density at radius 1 is 1.12 bits per heavy atom. The Morgan fingerprint density at radius 3 is 2.68 bits per heavy atom. The number of benzene rings is 1. The zero-order valence-corrected chi connectivity index (χ0v) is 13.5. The predicted molar refractivity (Wildman–Crippen MR) is 95.4 cm³/mol. The van der Waals surface area contributed by atoms with Crippen molar-refractivity contribution in [3.05, 3.63) is 78.6 Å². The van der Waals surface area contributed by atoms with Gasteiger partial charge in [-0.1, -0.05) is 18.2 Å². The van der Waals surface area contributed by atoms with E-state index in [-0.39, 0.29) is 11.6 Å². The molecule has 0 aliphatic carbocycles. The van der Waals surface area contributed by atoms with Gasteiger partial charge in [0.25, 0.3) is 5.91 Å². The Kier molecular flexibility index (Phi) is 3.70. The van der Waals surface area contributed by atoms with Gasteiger partial charge < -0.3 is 9.72 Å². The molecule has 25 heavy (non-hydrogen) atoms. The monoisotopic (exact) mass is 329 g/mol. The molecule has 0 saturated carbocycles. The number of anilines is 1. The number of nitrogens with zero attached hydrogens (tertiary/aromatic N) is 4. The Bertz CT molecular complexity index is 1040. The van der Waals surface area contributed by atoms with Crippen molar-refractivity contribution in [2.75, 3.05) is 5.32 Å². The largest absolute Gasteiger partial charge is 0.321 e. The molecule has 3 aromatic heterocycles. The molecular weight excluding hydrogens is 314 g/mol. The predicted octanol–water partition coefficient (Wildman–Crippen LogP) is 3.35. The number of carbonyl (C=O) groups is 1. The fraction of sp³-hybridized carbons (Fsp3) is 0.0526. The van der Waals surface area contributed by atoms with Crippen LogP contribution in [-0.4, -0.2) is 25.3 Å². The highest BCUT2D eigenvalue weighted by Crippen LogP contribution is 2.22. The van der Waals surface area contributed by atoms with Crippen molar-refractivity contribution in [2.45, 2.75) is 6.92 Å². The first kappa shape index (κ1) is 15.0. The van der Waals surface area contributed by atoms with E-state index in [0.29, 0.717) is 5.69 Å². The second-order valence-electron chi connectivity index (χ2n) is 5.67. The van der Waals surface area contributed by atoms with Crippen LogP contribution >= 0.6 is 0 Å². The van der Waals surface area contributed by atoms with Crippen LogP contribution in [0.2, 0.25) is 0 Å². The fourth-order valence-electron chi connectivity index (χ4n) is 2.63. The quantitative estimate of drug-likeness (QED) is 0.625. The second-order valence-corrected chi connectivity index (χ2v) is 5.67. The van der Waals surface area contributed by atoms with E-state index in [0.717, 1.165) is 22.5 Å². The molecule has 6 nitrogen and oxygen atoms in total. The third-order valence-electron chi connectivity index (χ3n) is 3.91. The molecule has 4 rings (SSSR count). The number of carbonyl (C=O) groups excluding carboxylic acids is 1. The Morgan fingerprint density at radius 2 is 1.96 bits per heavy atom. The smallest absolute Gasteiger partial charge is 0.275 e. The van der Waals surface area contributed by atoms with Crippen molar-refractivity contribution in [1.82, 2.24) is 19.4 Å². The highest BCUT2D eigenvalue weighted by atomic mass is 16.1. The standard InChI is InChI=1S/C19H15N5O/c1-13-3-2-10-24-12-17(23-18(13)24)14-4-6-15(7-5-14)22-19(25)16-11-20-8-9-21-16/h2-12H,1H3,(H,22,25). The van der Waals surface area contributed by atoms with Crippen molar-refractivity contribution in [3.8, 4) is 11.3 Å². The first-order chi connectivity index (χ1) is 12.2. The van der Waals surface area contributed by atoms with Crippen LogP contribution in [0.25, 0.3) is 16.9 Å². The van der Waals surface area contributed by atoms with Gasteiger partial charge in [-0.05, 0) is 30.7 Å². The van der Waals surface area contributed by atoms with Gasteiger partial charge >= 0.3 is 0 Å². The average Bonchev–Trinajstić information content (AvgIpc) is 3.09. The molecule has 1 aromatic carbocycles. The lowest BCUT2D eigenvalue weighted by atomic mass is 10.1. The molecule has 1 amide bonds. The molecule has 0 radical (unpaired) electrons. The van der Waals surface area contributed by atoms with Crippen molar-refractivity contribution in [3.63, 3.8) is 0 Å². The van der Waals surface area contributed by atoms with Crippen LogP contribution in [0.15, 0.2) is 67.4 Å². The molecule has 6 heteroatoms. The maximum absolute atomic E-state index is 12.1. The minimum atomic E-state index is -0.288. The number of hydrogen-bond donors (Lipinski definition) is 1. The number of aromatic nitrogens is 4. The van der Waals surface area contributed by atoms with E-state index >= 15 is 0 Å². The molecule has 0 bridgehead atoms. The van der Waals surface area contributed by atoms with Crippen molar-refractivity contribution >= 4 is 17.2 Å². The van der Waals surface area contributed by atoms with Crippen molar-refractivity contribution in [2.24, 2.45) is 0 Å². The number of pyridine rings is 1. The summed E-state index contributed by atoms with van der Waals surface area (Å²) in [6, 6.07) is 11.6. The summed E-state index contributed by atoms with van der Waals surface area (Å²) in [5.41, 5.74) is 4.92. The first-order valence-electron chi connectivity index (χ1n) is 7.83. The molecule has 1 N–H and O–H groups in total. The van der Waals surface area contributed by atoms with Gasteiger partial charge in [0.15, 0.2) is 0 Å². The maximum atomic E-state index is 12.1. The van der Waals surface area contributed by atoms with Crippen LogP contribution in [0.5, 0.6) is 0 Å². The molecule has 0 saturated heterocycles. The highest BCUT2D eigenvalue weighted by Gasteiger charge is 2.09. The van der Waals surface area contributed by atoms with E-state index < -0.39 is 0 Å². The number of imidazole rings is 1. The Hall–Kier alpha value is -3.54. The lowest BCUT2D eigenvalue weighted by Gasteiger charge is -2.05. The van der Waals surface area contributed by atoms with Crippen LogP contribution in [0.3, 0.4) is 0 Å². The van der Waals surface area contributed by atoms with E-state index in [1.165, 1.54) is 18.6 Å². The number of hydrogen-bond acceptors (Lipinski definition) is 4. The van der Waals surface area contributed by atoms with Crippen LogP contribution in [0, 0.1) is 6.92 Å². The van der Waals surface area contributed by atoms with Gasteiger partial charge in [-0.25, -0.2) is 9.97 Å². The summed E-state index contributed by atoms with van der Waals surface area (Å²) in [4.78, 5) is 24.7. The van der Waals surface area contributed by atoms with Gasteiger partial charge in [0.05, 0.1) is 11.9 Å². The van der Waals surface area contributed by atoms with Crippen LogP contribution in [0.4, 0.5) is 5.69 Å². The van der Waals surface area contributed by atoms with Crippen LogP contribution in [-0.2, 0) is 0 Å². The number of fused-ring (bicyclic) bond motifs is 1. The fourth-order valence-corrected chi connectivity index (χ4v) is 2.63. The third kappa shape index (κ3) is 2.97. The SMILES string of the molecule is Cc1cccn2cc(-c3ccc(NC(=O)c4cnccn4)cc3)nc12. The minimum absolute atomic E-state index is 0.280. The van der Waals surface area contributed by atoms with Gasteiger partial charge in [0.2, 0.25) is 0 Å². The molecular formula is C19H15N5O. The zero-order chi connectivity index (χ0) is 17.2. The van der Waals surface area contributed by atoms with Gasteiger partial charge in [-0.3, -0.25) is 9.78 Å². The van der Waals surface area contributed by atoms with E-state index in [1.54, 1.807) is 0 Å². The second kappa shape index (κ2) is 6.16. The number of rotatable bonds is 3. The van der Waals surface area contributed by atoms with E-state index in [2.05, 4.69) is 20.3 Å². The summed E-state index contributed by atoms with van der Waals surface area (Å²) in [6.45, 7) is 2.04. The summed E-state index contributed by atoms with van der Waals surface area (Å²) in [7, 11) is 0. The lowest BCUT2D eigenvalue weighted by Crippen LogP contribution is -2.13. The molecule has 0 aliphatic rings. The normalized spacial score (nSPS) is 10.8. The zero-order valence-electron chi connectivity index (χ0n) is 13.5. The summed E-state index contributed by atoms with van der Waals surface area (Å²) in [5.74, 6) is -0.288. The Labute approximate surface area is 144 Å². The van der Waals surface area contributed by atoms with E-state index in [1.807, 2.05) is 60.1 Å². The topological polar surface area (TPSA) is 72.2 Å². The van der Waals surface area contributed by atoms with Crippen LogP contribution in [0.1, 0.15) is 16.1 Å². The van der Waals surface area contributed by atoms with Gasteiger partial charge in [0, 0.05) is 36.0 Å². The van der Waals surface area contributed by atoms with E-state index in [4.69, 9.17) is 0 Å². The molecule has 4 aromatic rings. The first-order valence-corrected chi connectivity index (χ1v) is 7.83. The maximum Gasteiger partial charge on any atom is 0.275 e. The summed E-state index contributed by atoms with van der Waals surface area (Å²) < 4.78 is 2.01. The molecule has 0 spiro atoms. The molecule has 3 heterocycles. The van der Waals surface area contributed by atoms with Gasteiger partial charge in [-0.2, -0.15) is 0 Å². The van der Waals surface area contributed by atoms with Gasteiger partial charge in [-0.15, -0.1) is 0 Å². The highest BCUT2D eigenvalue weighted by molar-refractivity contribution is 6.02.